The van der Waals surface area contributed by atoms with Crippen LogP contribution in [0, 0.1) is 24.6 Å². The minimum Gasteiger partial charge on any atom is -0.205 e. The molecule has 0 atom stereocenters. The Morgan fingerprint density at radius 1 is 0.806 bits per heavy atom. The first-order valence-electron chi connectivity index (χ1n) is 10.7. The van der Waals surface area contributed by atoms with Gasteiger partial charge in [0.1, 0.15) is 5.82 Å². The Morgan fingerprint density at radius 2 is 1.52 bits per heavy atom. The molecule has 0 aliphatic rings. The first-order valence-corrected chi connectivity index (χ1v) is 10.7. The van der Waals surface area contributed by atoms with Gasteiger partial charge in [0.05, 0.1) is 5.56 Å². The highest BCUT2D eigenvalue weighted by molar-refractivity contribution is 5.85. The minimum atomic E-state index is -0.254. The number of benzene rings is 4. The number of rotatable bonds is 4. The van der Waals surface area contributed by atoms with Gasteiger partial charge in [-0.2, -0.15) is 0 Å². The maximum atomic E-state index is 14.8. The van der Waals surface area contributed by atoms with Crippen LogP contribution in [0.4, 0.5) is 4.39 Å². The Morgan fingerprint density at radius 3 is 2.23 bits per heavy atom. The van der Waals surface area contributed by atoms with Gasteiger partial charge in [-0.1, -0.05) is 90.2 Å². The Labute approximate surface area is 184 Å². The van der Waals surface area contributed by atoms with E-state index < -0.39 is 0 Å². The van der Waals surface area contributed by atoms with Crippen molar-refractivity contribution in [3.63, 3.8) is 0 Å². The highest BCUT2D eigenvalue weighted by Gasteiger charge is 2.05. The number of allylic oxidation sites excluding steroid dienone is 2. The van der Waals surface area contributed by atoms with Gasteiger partial charge < -0.3 is 0 Å². The third kappa shape index (κ3) is 4.93. The zero-order valence-corrected chi connectivity index (χ0v) is 18.0. The van der Waals surface area contributed by atoms with Crippen LogP contribution in [0.2, 0.25) is 0 Å². The van der Waals surface area contributed by atoms with E-state index in [-0.39, 0.29) is 5.82 Å². The molecule has 0 bridgehead atoms. The Balaban J connectivity index is 1.51. The zero-order valence-electron chi connectivity index (χ0n) is 18.0. The average Bonchev–Trinajstić information content (AvgIpc) is 2.80. The maximum absolute atomic E-state index is 14.8. The number of hydrogen-bond acceptors (Lipinski definition) is 0. The SMILES string of the molecule is C/C=C/CCc1ccc(-c2ccc(C#Cc3ccc4cc(C)ccc4c3F)cc2)cc1. The fraction of sp³-hybridized carbons (Fsp3) is 0.133. The van der Waals surface area contributed by atoms with Gasteiger partial charge in [-0.15, -0.1) is 0 Å². The Bertz CT molecular complexity index is 1280. The van der Waals surface area contributed by atoms with Crippen molar-refractivity contribution in [2.45, 2.75) is 26.7 Å². The second-order valence-electron chi connectivity index (χ2n) is 7.78. The van der Waals surface area contributed by atoms with E-state index in [9.17, 15) is 4.39 Å². The molecule has 1 heteroatoms. The zero-order chi connectivity index (χ0) is 21.6. The molecule has 4 aromatic carbocycles. The molecule has 0 heterocycles. The van der Waals surface area contributed by atoms with Gasteiger partial charge in [0.2, 0.25) is 0 Å². The lowest BCUT2D eigenvalue weighted by Gasteiger charge is -2.04. The van der Waals surface area contributed by atoms with Crippen LogP contribution in [0.3, 0.4) is 0 Å². The normalized spacial score (nSPS) is 10.9. The number of aryl methyl sites for hydroxylation is 2. The molecule has 152 valence electrons. The van der Waals surface area contributed by atoms with Crippen molar-refractivity contribution in [3.8, 4) is 23.0 Å². The van der Waals surface area contributed by atoms with Crippen LogP contribution in [0.1, 0.15) is 35.6 Å². The van der Waals surface area contributed by atoms with Gasteiger partial charge in [0.25, 0.3) is 0 Å². The lowest BCUT2D eigenvalue weighted by atomic mass is 10.0. The van der Waals surface area contributed by atoms with Crippen molar-refractivity contribution >= 4 is 10.8 Å². The van der Waals surface area contributed by atoms with Crippen LogP contribution >= 0.6 is 0 Å². The van der Waals surface area contributed by atoms with E-state index in [1.165, 1.54) is 11.1 Å². The van der Waals surface area contributed by atoms with E-state index in [4.69, 9.17) is 0 Å². The summed E-state index contributed by atoms with van der Waals surface area (Å²) in [4.78, 5) is 0. The molecule has 0 saturated carbocycles. The first-order chi connectivity index (χ1) is 15.1. The van der Waals surface area contributed by atoms with Crippen molar-refractivity contribution in [3.05, 3.63) is 119 Å². The van der Waals surface area contributed by atoms with E-state index in [1.54, 1.807) is 6.07 Å². The summed E-state index contributed by atoms with van der Waals surface area (Å²) in [6.45, 7) is 4.06. The molecular formula is C30H25F. The van der Waals surface area contributed by atoms with E-state index >= 15 is 0 Å². The number of fused-ring (bicyclic) bond motifs is 1. The third-order valence-corrected chi connectivity index (χ3v) is 5.46. The van der Waals surface area contributed by atoms with Crippen LogP contribution < -0.4 is 0 Å². The molecule has 0 aliphatic heterocycles. The second kappa shape index (κ2) is 9.45. The highest BCUT2D eigenvalue weighted by Crippen LogP contribution is 2.23. The molecule has 0 aliphatic carbocycles. The number of hydrogen-bond donors (Lipinski definition) is 0. The molecule has 4 rings (SSSR count). The molecule has 0 spiro atoms. The summed E-state index contributed by atoms with van der Waals surface area (Å²) in [7, 11) is 0. The summed E-state index contributed by atoms with van der Waals surface area (Å²) in [5, 5.41) is 1.52. The maximum Gasteiger partial charge on any atom is 0.146 e. The van der Waals surface area contributed by atoms with Crippen molar-refractivity contribution in [2.75, 3.05) is 0 Å². The van der Waals surface area contributed by atoms with Crippen LogP contribution in [0.15, 0.2) is 91.0 Å². The van der Waals surface area contributed by atoms with Crippen LogP contribution in [-0.2, 0) is 6.42 Å². The van der Waals surface area contributed by atoms with Crippen molar-refractivity contribution in [1.29, 1.82) is 0 Å². The molecule has 0 amide bonds. The summed E-state index contributed by atoms with van der Waals surface area (Å²) in [5.41, 5.74) is 6.10. The van der Waals surface area contributed by atoms with Crippen LogP contribution in [0.5, 0.6) is 0 Å². The van der Waals surface area contributed by atoms with E-state index in [2.05, 4.69) is 67.3 Å². The molecular weight excluding hydrogens is 379 g/mol. The van der Waals surface area contributed by atoms with Gasteiger partial charge in [0.15, 0.2) is 0 Å². The molecule has 0 radical (unpaired) electrons. The van der Waals surface area contributed by atoms with Gasteiger partial charge in [-0.05, 0) is 67.0 Å². The summed E-state index contributed by atoms with van der Waals surface area (Å²) in [5.74, 6) is 5.84. The van der Waals surface area contributed by atoms with E-state index in [1.807, 2.05) is 43.3 Å². The predicted octanol–water partition coefficient (Wildman–Crippen LogP) is 7.86. The quantitative estimate of drug-likeness (QED) is 0.240. The molecule has 0 aromatic heterocycles. The lowest BCUT2D eigenvalue weighted by Crippen LogP contribution is -1.87. The second-order valence-corrected chi connectivity index (χ2v) is 7.78. The fourth-order valence-corrected chi connectivity index (χ4v) is 3.67. The lowest BCUT2D eigenvalue weighted by molar-refractivity contribution is 0.636. The minimum absolute atomic E-state index is 0.254. The molecule has 0 saturated heterocycles. The van der Waals surface area contributed by atoms with E-state index in [0.717, 1.165) is 34.9 Å². The number of halogens is 1. The monoisotopic (exact) mass is 404 g/mol. The topological polar surface area (TPSA) is 0 Å². The summed E-state index contributed by atoms with van der Waals surface area (Å²) in [6, 6.07) is 26.3. The third-order valence-electron chi connectivity index (χ3n) is 5.46. The van der Waals surface area contributed by atoms with Gasteiger partial charge in [-0.3, -0.25) is 0 Å². The predicted molar refractivity (Wildman–Crippen MR) is 130 cm³/mol. The molecule has 4 aromatic rings. The summed E-state index contributed by atoms with van der Waals surface area (Å²) < 4.78 is 14.8. The standard InChI is InChI=1S/C30H25F/c1-3-4-5-6-23-8-13-25(14-9-23)26-15-10-24(11-16-26)12-17-27-18-19-28-21-22(2)7-20-29(28)30(27)31/h3-4,7-11,13-16,18-21H,5-6H2,1-2H3/b4-3+. The fourth-order valence-electron chi connectivity index (χ4n) is 3.67. The largest absolute Gasteiger partial charge is 0.205 e. The van der Waals surface area contributed by atoms with Crippen molar-refractivity contribution < 1.29 is 4.39 Å². The molecule has 0 fully saturated rings. The summed E-state index contributed by atoms with van der Waals surface area (Å²) in [6.07, 6.45) is 6.41. The molecule has 0 N–H and O–H groups in total. The summed E-state index contributed by atoms with van der Waals surface area (Å²) >= 11 is 0. The van der Waals surface area contributed by atoms with Crippen LogP contribution in [-0.4, -0.2) is 0 Å². The molecule has 31 heavy (non-hydrogen) atoms. The van der Waals surface area contributed by atoms with Gasteiger partial charge >= 0.3 is 0 Å². The first kappa shape index (κ1) is 20.6. The highest BCUT2D eigenvalue weighted by atomic mass is 19.1. The van der Waals surface area contributed by atoms with Crippen molar-refractivity contribution in [2.24, 2.45) is 0 Å². The van der Waals surface area contributed by atoms with Crippen LogP contribution in [0.25, 0.3) is 21.9 Å². The van der Waals surface area contributed by atoms with Gasteiger partial charge in [0, 0.05) is 10.9 Å². The van der Waals surface area contributed by atoms with E-state index in [0.29, 0.717) is 10.9 Å². The Hall–Kier alpha value is -3.63. The molecule has 0 unspecified atom stereocenters. The van der Waals surface area contributed by atoms with Gasteiger partial charge in [-0.25, -0.2) is 4.39 Å². The average molecular weight is 405 g/mol. The Kier molecular flexibility index (Phi) is 6.29. The van der Waals surface area contributed by atoms with Crippen molar-refractivity contribution in [1.82, 2.24) is 0 Å². The molecule has 0 nitrogen and oxygen atoms in total. The smallest absolute Gasteiger partial charge is 0.146 e.